The van der Waals surface area contributed by atoms with E-state index in [-0.39, 0.29) is 0 Å². The van der Waals surface area contributed by atoms with E-state index in [1.54, 1.807) is 0 Å². The highest BCUT2D eigenvalue weighted by Gasteiger charge is 2.14. The molecule has 1 N–H and O–H groups in total. The van der Waals surface area contributed by atoms with Crippen molar-refractivity contribution >= 4 is 21.7 Å². The molecule has 0 radical (unpaired) electrons. The highest BCUT2D eigenvalue weighted by Crippen LogP contribution is 2.17. The maximum Gasteiger partial charge on any atom is 0.132 e. The summed E-state index contributed by atoms with van der Waals surface area (Å²) in [6.45, 7) is 3.81. The van der Waals surface area contributed by atoms with E-state index in [9.17, 15) is 0 Å². The molecule has 5 heteroatoms. The highest BCUT2D eigenvalue weighted by atomic mass is 79.9. The number of ether oxygens (including phenoxy) is 1. The second kappa shape index (κ2) is 6.31. The molecule has 2 heterocycles. The molecular formula is C12H18BrN3O. The van der Waals surface area contributed by atoms with Crippen molar-refractivity contribution in [1.29, 1.82) is 0 Å². The zero-order chi connectivity index (χ0) is 12.1. The average molecular weight is 300 g/mol. The van der Waals surface area contributed by atoms with Crippen LogP contribution in [-0.4, -0.2) is 29.2 Å². The third kappa shape index (κ3) is 3.92. The van der Waals surface area contributed by atoms with Gasteiger partial charge in [-0.2, -0.15) is 0 Å². The van der Waals surface area contributed by atoms with Gasteiger partial charge in [-0.15, -0.1) is 0 Å². The summed E-state index contributed by atoms with van der Waals surface area (Å²) in [5.41, 5.74) is 0. The first-order chi connectivity index (χ1) is 8.28. The highest BCUT2D eigenvalue weighted by molar-refractivity contribution is 9.10. The van der Waals surface area contributed by atoms with Gasteiger partial charge in [0, 0.05) is 31.7 Å². The van der Waals surface area contributed by atoms with Crippen molar-refractivity contribution in [2.45, 2.75) is 38.6 Å². The van der Waals surface area contributed by atoms with Gasteiger partial charge in [0.15, 0.2) is 0 Å². The summed E-state index contributed by atoms with van der Waals surface area (Å²) in [4.78, 5) is 8.88. The van der Waals surface area contributed by atoms with Gasteiger partial charge in [0.2, 0.25) is 0 Å². The van der Waals surface area contributed by atoms with Crippen LogP contribution in [0, 0.1) is 0 Å². The summed E-state index contributed by atoms with van der Waals surface area (Å²) in [7, 11) is 0. The zero-order valence-electron chi connectivity index (χ0n) is 10.1. The molecule has 1 aliphatic heterocycles. The third-order valence-electron chi connectivity index (χ3n) is 2.79. The van der Waals surface area contributed by atoms with Gasteiger partial charge in [0.05, 0.1) is 0 Å². The lowest BCUT2D eigenvalue weighted by molar-refractivity contribution is 0.0904. The molecule has 0 aliphatic carbocycles. The Kier molecular flexibility index (Phi) is 4.74. The largest absolute Gasteiger partial charge is 0.381 e. The fourth-order valence-corrected chi connectivity index (χ4v) is 2.35. The van der Waals surface area contributed by atoms with E-state index in [4.69, 9.17) is 4.74 Å². The van der Waals surface area contributed by atoms with Crippen molar-refractivity contribution in [3.8, 4) is 0 Å². The lowest BCUT2D eigenvalue weighted by atomic mass is 10.1. The Balaban J connectivity index is 2.03. The molecule has 94 valence electrons. The SMILES string of the molecule is CCCc1nc(Br)cc(NC2CCOCC2)n1. The van der Waals surface area contributed by atoms with Crippen LogP contribution in [-0.2, 0) is 11.2 Å². The molecule has 0 saturated carbocycles. The molecule has 1 saturated heterocycles. The van der Waals surface area contributed by atoms with Gasteiger partial charge >= 0.3 is 0 Å². The van der Waals surface area contributed by atoms with Gasteiger partial charge in [-0.25, -0.2) is 9.97 Å². The number of rotatable bonds is 4. The molecule has 1 aliphatic rings. The molecule has 4 nitrogen and oxygen atoms in total. The molecule has 0 amide bonds. The number of nitrogens with zero attached hydrogens (tertiary/aromatic N) is 2. The van der Waals surface area contributed by atoms with Gasteiger partial charge < -0.3 is 10.1 Å². The van der Waals surface area contributed by atoms with Crippen molar-refractivity contribution in [3.05, 3.63) is 16.5 Å². The van der Waals surface area contributed by atoms with E-state index in [2.05, 4.69) is 38.1 Å². The molecule has 1 fully saturated rings. The minimum absolute atomic E-state index is 0.472. The van der Waals surface area contributed by atoms with E-state index >= 15 is 0 Å². The first-order valence-electron chi connectivity index (χ1n) is 6.15. The second-order valence-electron chi connectivity index (χ2n) is 4.27. The van der Waals surface area contributed by atoms with Crippen molar-refractivity contribution in [3.63, 3.8) is 0 Å². The fraction of sp³-hybridized carbons (Fsp3) is 0.667. The molecular weight excluding hydrogens is 282 g/mol. The maximum absolute atomic E-state index is 5.34. The van der Waals surface area contributed by atoms with E-state index < -0.39 is 0 Å². The van der Waals surface area contributed by atoms with Gasteiger partial charge in [-0.3, -0.25) is 0 Å². The number of anilines is 1. The van der Waals surface area contributed by atoms with Gasteiger partial charge in [0.1, 0.15) is 16.2 Å². The predicted molar refractivity (Wildman–Crippen MR) is 71.2 cm³/mol. The molecule has 0 atom stereocenters. The van der Waals surface area contributed by atoms with Crippen LogP contribution in [0.2, 0.25) is 0 Å². The summed E-state index contributed by atoms with van der Waals surface area (Å²) in [6, 6.07) is 2.41. The van der Waals surface area contributed by atoms with Crippen LogP contribution in [0.15, 0.2) is 10.7 Å². The summed E-state index contributed by atoms with van der Waals surface area (Å²) >= 11 is 3.43. The van der Waals surface area contributed by atoms with Crippen molar-refractivity contribution in [2.24, 2.45) is 0 Å². The lowest BCUT2D eigenvalue weighted by Gasteiger charge is -2.23. The van der Waals surface area contributed by atoms with Crippen molar-refractivity contribution in [2.75, 3.05) is 18.5 Å². The Morgan fingerprint density at radius 2 is 2.18 bits per heavy atom. The molecule has 0 spiro atoms. The predicted octanol–water partition coefficient (Wildman–Crippen LogP) is 2.78. The summed E-state index contributed by atoms with van der Waals surface area (Å²) in [6.07, 6.45) is 4.07. The Morgan fingerprint density at radius 3 is 2.88 bits per heavy atom. The quantitative estimate of drug-likeness (QED) is 0.869. The number of hydrogen-bond donors (Lipinski definition) is 1. The van der Waals surface area contributed by atoms with Crippen molar-refractivity contribution in [1.82, 2.24) is 9.97 Å². The third-order valence-corrected chi connectivity index (χ3v) is 3.19. The van der Waals surface area contributed by atoms with Crippen LogP contribution in [0.5, 0.6) is 0 Å². The Morgan fingerprint density at radius 1 is 1.41 bits per heavy atom. The molecule has 1 aromatic heterocycles. The first kappa shape index (κ1) is 12.8. The fourth-order valence-electron chi connectivity index (χ4n) is 1.93. The van der Waals surface area contributed by atoms with Crippen LogP contribution in [0.4, 0.5) is 5.82 Å². The minimum atomic E-state index is 0.472. The Hall–Kier alpha value is -0.680. The average Bonchev–Trinajstić information content (AvgIpc) is 2.30. The van der Waals surface area contributed by atoms with Crippen LogP contribution in [0.3, 0.4) is 0 Å². The number of halogens is 1. The number of hydrogen-bond acceptors (Lipinski definition) is 4. The van der Waals surface area contributed by atoms with E-state index in [1.165, 1.54) is 0 Å². The van der Waals surface area contributed by atoms with Crippen LogP contribution in [0.1, 0.15) is 32.0 Å². The van der Waals surface area contributed by atoms with Gasteiger partial charge in [-0.1, -0.05) is 6.92 Å². The zero-order valence-corrected chi connectivity index (χ0v) is 11.7. The summed E-state index contributed by atoms with van der Waals surface area (Å²) in [5, 5.41) is 3.46. The maximum atomic E-state index is 5.34. The molecule has 2 rings (SSSR count). The smallest absolute Gasteiger partial charge is 0.132 e. The normalized spacial score (nSPS) is 17.1. The molecule has 0 unspecified atom stereocenters. The van der Waals surface area contributed by atoms with Crippen molar-refractivity contribution < 1.29 is 4.74 Å². The minimum Gasteiger partial charge on any atom is -0.381 e. The van der Waals surface area contributed by atoms with Crippen LogP contribution < -0.4 is 5.32 Å². The summed E-state index contributed by atoms with van der Waals surface area (Å²) < 4.78 is 6.19. The molecule has 17 heavy (non-hydrogen) atoms. The van der Waals surface area contributed by atoms with E-state index in [0.717, 1.165) is 55.1 Å². The molecule has 0 aromatic carbocycles. The Labute approximate surface area is 110 Å². The molecule has 1 aromatic rings. The number of aryl methyl sites for hydroxylation is 1. The van der Waals surface area contributed by atoms with Gasteiger partial charge in [-0.05, 0) is 35.2 Å². The van der Waals surface area contributed by atoms with Crippen LogP contribution >= 0.6 is 15.9 Å². The standard InChI is InChI=1S/C12H18BrN3O/c1-2-3-11-15-10(13)8-12(16-11)14-9-4-6-17-7-5-9/h8-9H,2-7H2,1H3,(H,14,15,16). The number of nitrogens with one attached hydrogen (secondary N) is 1. The molecule has 0 bridgehead atoms. The topological polar surface area (TPSA) is 47.0 Å². The van der Waals surface area contributed by atoms with E-state index in [0.29, 0.717) is 6.04 Å². The second-order valence-corrected chi connectivity index (χ2v) is 5.09. The Bertz CT molecular complexity index is 367. The number of aromatic nitrogens is 2. The van der Waals surface area contributed by atoms with E-state index in [1.807, 2.05) is 6.07 Å². The first-order valence-corrected chi connectivity index (χ1v) is 6.95. The van der Waals surface area contributed by atoms with Crippen LogP contribution in [0.25, 0.3) is 0 Å². The summed E-state index contributed by atoms with van der Waals surface area (Å²) in [5.74, 6) is 1.82. The monoisotopic (exact) mass is 299 g/mol. The van der Waals surface area contributed by atoms with Gasteiger partial charge in [0.25, 0.3) is 0 Å². The lowest BCUT2D eigenvalue weighted by Crippen LogP contribution is -2.28.